The Bertz CT molecular complexity index is 476. The fourth-order valence-electron chi connectivity index (χ4n) is 3.44. The van der Waals surface area contributed by atoms with E-state index in [-0.39, 0.29) is 12.2 Å². The first-order valence-electron chi connectivity index (χ1n) is 11.6. The second-order valence-corrected chi connectivity index (χ2v) is 8.38. The van der Waals surface area contributed by atoms with E-state index in [1.54, 1.807) is 0 Å². The van der Waals surface area contributed by atoms with Crippen LogP contribution < -0.4 is 0 Å². The molecule has 170 valence electrons. The molecule has 0 saturated heterocycles. The molecule has 5 nitrogen and oxygen atoms in total. The number of carbonyl (C=O) groups excluding carboxylic acids is 1. The van der Waals surface area contributed by atoms with E-state index < -0.39 is 17.7 Å². The Kier molecular flexibility index (Phi) is 15.9. The van der Waals surface area contributed by atoms with Crippen LogP contribution in [0, 0.1) is 0 Å². The zero-order valence-electron chi connectivity index (χ0n) is 19.3. The molecule has 0 heterocycles. The number of rotatable bonds is 19. The van der Waals surface area contributed by atoms with Crippen molar-refractivity contribution in [1.82, 2.24) is 4.90 Å². The monoisotopic (exact) mass is 411 g/mol. The highest BCUT2D eigenvalue weighted by atomic mass is 16.4. The highest BCUT2D eigenvalue weighted by Gasteiger charge is 2.45. The van der Waals surface area contributed by atoms with Crippen LogP contribution in [0.3, 0.4) is 0 Å². The van der Waals surface area contributed by atoms with Gasteiger partial charge in [0.15, 0.2) is 11.3 Å². The molecule has 0 aliphatic heterocycles. The molecule has 0 aromatic rings. The molecule has 0 rings (SSSR count). The van der Waals surface area contributed by atoms with Gasteiger partial charge in [0.1, 0.15) is 6.23 Å². The molecular weight excluding hydrogens is 366 g/mol. The van der Waals surface area contributed by atoms with Crippen LogP contribution in [0.2, 0.25) is 0 Å². The van der Waals surface area contributed by atoms with Gasteiger partial charge in [-0.1, -0.05) is 70.4 Å². The predicted octanol–water partition coefficient (Wildman–Crippen LogP) is 5.71. The Morgan fingerprint density at radius 1 is 0.897 bits per heavy atom. The molecule has 0 spiro atoms. The number of allylic oxidation sites excluding steroid dienone is 2. The van der Waals surface area contributed by atoms with E-state index >= 15 is 0 Å². The van der Waals surface area contributed by atoms with E-state index in [2.05, 4.69) is 19.1 Å². The van der Waals surface area contributed by atoms with Crippen LogP contribution in [0.5, 0.6) is 0 Å². The van der Waals surface area contributed by atoms with Crippen LogP contribution in [0.4, 0.5) is 0 Å². The summed E-state index contributed by atoms with van der Waals surface area (Å²) < 4.78 is 0. The summed E-state index contributed by atoms with van der Waals surface area (Å²) in [5.41, 5.74) is -1.67. The van der Waals surface area contributed by atoms with E-state index in [0.29, 0.717) is 6.42 Å². The molecule has 0 aliphatic rings. The maximum Gasteiger partial charge on any atom is 0.331 e. The number of carboxylic acids is 1. The first-order chi connectivity index (χ1) is 13.8. The van der Waals surface area contributed by atoms with Gasteiger partial charge in [0.2, 0.25) is 0 Å². The predicted molar refractivity (Wildman–Crippen MR) is 120 cm³/mol. The molecule has 5 heteroatoms. The van der Waals surface area contributed by atoms with E-state index in [9.17, 15) is 19.8 Å². The standard InChI is InChI=1S/C24H45NO4/c1-5-6-7-8-9-10-11-12-13-14-15-16-17-18-19-20-22(27)24(3,23(28)29)25(4)21(2)26/h12-13,21,26H,5-11,14-20H2,1-4H3,(H,28,29)/b13-12-. The first kappa shape index (κ1) is 27.8. The van der Waals surface area contributed by atoms with Crippen LogP contribution in [-0.2, 0) is 9.59 Å². The minimum atomic E-state index is -1.67. The van der Waals surface area contributed by atoms with Crippen LogP contribution in [0.15, 0.2) is 12.2 Å². The lowest BCUT2D eigenvalue weighted by molar-refractivity contribution is -0.162. The zero-order valence-corrected chi connectivity index (χ0v) is 19.3. The van der Waals surface area contributed by atoms with Crippen LogP contribution in [-0.4, -0.2) is 45.7 Å². The van der Waals surface area contributed by atoms with Gasteiger partial charge in [-0.2, -0.15) is 0 Å². The number of ketones is 1. The number of carboxylic acid groups (broad SMARTS) is 1. The average Bonchev–Trinajstić information content (AvgIpc) is 2.69. The van der Waals surface area contributed by atoms with Crippen molar-refractivity contribution in [3.05, 3.63) is 12.2 Å². The molecule has 0 aliphatic carbocycles. The number of nitrogens with zero attached hydrogens (tertiary/aromatic N) is 1. The summed E-state index contributed by atoms with van der Waals surface area (Å²) in [6, 6.07) is 0. The van der Waals surface area contributed by atoms with Gasteiger partial charge in [-0.3, -0.25) is 9.69 Å². The Morgan fingerprint density at radius 3 is 1.79 bits per heavy atom. The lowest BCUT2D eigenvalue weighted by atomic mass is 9.90. The maximum absolute atomic E-state index is 12.4. The number of unbranched alkanes of at least 4 members (excludes halogenated alkanes) is 11. The number of aliphatic hydroxyl groups excluding tert-OH is 1. The van der Waals surface area contributed by atoms with Gasteiger partial charge in [-0.05, 0) is 53.0 Å². The number of aliphatic carboxylic acids is 1. The van der Waals surface area contributed by atoms with Gasteiger partial charge in [-0.15, -0.1) is 0 Å². The minimum Gasteiger partial charge on any atom is -0.480 e. The van der Waals surface area contributed by atoms with Crippen molar-refractivity contribution in [1.29, 1.82) is 0 Å². The van der Waals surface area contributed by atoms with Crippen LogP contribution in [0.25, 0.3) is 0 Å². The molecule has 0 saturated carbocycles. The van der Waals surface area contributed by atoms with Crippen molar-refractivity contribution in [2.45, 2.75) is 122 Å². The summed E-state index contributed by atoms with van der Waals surface area (Å²) in [4.78, 5) is 25.2. The van der Waals surface area contributed by atoms with Gasteiger partial charge in [-0.25, -0.2) is 4.79 Å². The summed E-state index contributed by atoms with van der Waals surface area (Å²) in [5, 5.41) is 19.1. The van der Waals surface area contributed by atoms with Crippen molar-refractivity contribution < 1.29 is 19.8 Å². The molecular formula is C24H45NO4. The lowest BCUT2D eigenvalue weighted by Crippen LogP contribution is -2.59. The molecule has 0 aromatic heterocycles. The fraction of sp³-hybridized carbons (Fsp3) is 0.833. The zero-order chi connectivity index (χ0) is 22.1. The maximum atomic E-state index is 12.4. The number of carbonyl (C=O) groups is 2. The number of Topliss-reactive ketones (excluding diaryl/α,β-unsaturated/α-hetero) is 1. The quantitative estimate of drug-likeness (QED) is 0.123. The third-order valence-corrected chi connectivity index (χ3v) is 5.89. The van der Waals surface area contributed by atoms with Crippen molar-refractivity contribution >= 4 is 11.8 Å². The number of hydrogen-bond acceptors (Lipinski definition) is 4. The normalized spacial score (nSPS) is 15.0. The SMILES string of the molecule is CCCCCCCC/C=C\CCCCCCCC(=O)C(C)(C(=O)O)N(C)C(C)O. The van der Waals surface area contributed by atoms with Crippen molar-refractivity contribution in [3.8, 4) is 0 Å². The summed E-state index contributed by atoms with van der Waals surface area (Å²) in [5.74, 6) is -1.55. The van der Waals surface area contributed by atoms with Crippen molar-refractivity contribution in [2.75, 3.05) is 7.05 Å². The highest BCUT2D eigenvalue weighted by molar-refractivity contribution is 6.07. The van der Waals surface area contributed by atoms with Gasteiger partial charge in [0.05, 0.1) is 0 Å². The van der Waals surface area contributed by atoms with Crippen molar-refractivity contribution in [2.24, 2.45) is 0 Å². The molecule has 29 heavy (non-hydrogen) atoms. The lowest BCUT2D eigenvalue weighted by Gasteiger charge is -2.35. The Hall–Kier alpha value is -1.20. The Labute approximate surface area is 178 Å². The van der Waals surface area contributed by atoms with Gasteiger partial charge in [0.25, 0.3) is 0 Å². The average molecular weight is 412 g/mol. The van der Waals surface area contributed by atoms with E-state index in [0.717, 1.165) is 25.7 Å². The summed E-state index contributed by atoms with van der Waals surface area (Å²) in [6.07, 6.45) is 19.2. The summed E-state index contributed by atoms with van der Waals surface area (Å²) in [7, 11) is 1.47. The second kappa shape index (κ2) is 16.6. The summed E-state index contributed by atoms with van der Waals surface area (Å²) >= 11 is 0. The molecule has 0 radical (unpaired) electrons. The largest absolute Gasteiger partial charge is 0.480 e. The molecule has 0 bridgehead atoms. The van der Waals surface area contributed by atoms with Crippen LogP contribution >= 0.6 is 0 Å². The third-order valence-electron chi connectivity index (χ3n) is 5.89. The fourth-order valence-corrected chi connectivity index (χ4v) is 3.44. The number of aliphatic hydroxyl groups is 1. The smallest absolute Gasteiger partial charge is 0.331 e. The Balaban J connectivity index is 3.80. The van der Waals surface area contributed by atoms with Gasteiger partial charge < -0.3 is 10.2 Å². The molecule has 2 N–H and O–H groups in total. The molecule has 0 amide bonds. The van der Waals surface area contributed by atoms with E-state index in [1.165, 1.54) is 77.2 Å². The number of likely N-dealkylation sites (N-methyl/N-ethyl adjacent to an activating group) is 1. The minimum absolute atomic E-state index is 0.234. The topological polar surface area (TPSA) is 77.8 Å². The van der Waals surface area contributed by atoms with E-state index in [4.69, 9.17) is 0 Å². The van der Waals surface area contributed by atoms with Crippen LogP contribution in [0.1, 0.15) is 111 Å². The third kappa shape index (κ3) is 11.5. The highest BCUT2D eigenvalue weighted by Crippen LogP contribution is 2.21. The molecule has 0 aromatic carbocycles. The Morgan fingerprint density at radius 2 is 1.34 bits per heavy atom. The van der Waals surface area contributed by atoms with Gasteiger partial charge >= 0.3 is 5.97 Å². The molecule has 0 fully saturated rings. The van der Waals surface area contributed by atoms with Crippen molar-refractivity contribution in [3.63, 3.8) is 0 Å². The molecule has 2 unspecified atom stereocenters. The molecule has 2 atom stereocenters. The van der Waals surface area contributed by atoms with E-state index in [1.807, 2.05) is 0 Å². The summed E-state index contributed by atoms with van der Waals surface area (Å²) in [6.45, 7) is 5.09. The first-order valence-corrected chi connectivity index (χ1v) is 11.6. The van der Waals surface area contributed by atoms with Gasteiger partial charge in [0, 0.05) is 6.42 Å². The second-order valence-electron chi connectivity index (χ2n) is 8.38. The number of hydrogen-bond donors (Lipinski definition) is 2.